The molecule has 4 rings (SSSR count). The van der Waals surface area contributed by atoms with Crippen LogP contribution in [0.15, 0.2) is 35.5 Å². The molecule has 0 aromatic carbocycles. The van der Waals surface area contributed by atoms with Crippen molar-refractivity contribution in [3.05, 3.63) is 35.5 Å². The molecule has 4 aliphatic rings. The fourth-order valence-corrected chi connectivity index (χ4v) is 5.13. The molecule has 0 aromatic rings. The molecule has 2 saturated carbocycles. The Morgan fingerprint density at radius 3 is 3.00 bits per heavy atom. The lowest BCUT2D eigenvalue weighted by Crippen LogP contribution is -2.37. The number of rotatable bonds is 0. The minimum Gasteiger partial charge on any atom is -0.0804 e. The molecule has 0 heteroatoms. The zero-order chi connectivity index (χ0) is 12.2. The minimum atomic E-state index is 0.379. The van der Waals surface area contributed by atoms with Crippen LogP contribution in [0, 0.1) is 23.2 Å². The van der Waals surface area contributed by atoms with Crippen LogP contribution in [0.25, 0.3) is 0 Å². The van der Waals surface area contributed by atoms with Gasteiger partial charge in [-0.05, 0) is 61.0 Å². The Labute approximate surface area is 111 Å². The van der Waals surface area contributed by atoms with E-state index in [1.807, 2.05) is 0 Å². The van der Waals surface area contributed by atoms with E-state index in [4.69, 9.17) is 0 Å². The van der Waals surface area contributed by atoms with Crippen LogP contribution in [0.4, 0.5) is 0 Å². The zero-order valence-corrected chi connectivity index (χ0v) is 11.5. The van der Waals surface area contributed by atoms with Gasteiger partial charge in [-0.2, -0.15) is 0 Å². The van der Waals surface area contributed by atoms with Crippen molar-refractivity contribution >= 4 is 0 Å². The standard InChI is InChI=1S/C18H24/c1-18-11-4-7-17(18)16-9-8-13-5-2-3-6-14(13)15(16)10-12-18/h4,7,9,11,13-15H,2-3,5-6,8,10,12H2,1H3/t13?,14-,15+,18-/m0/s1. The maximum Gasteiger partial charge on any atom is 0.0110 e. The molecule has 96 valence electrons. The predicted octanol–water partition coefficient (Wildman–Crippen LogP) is 5.04. The molecule has 0 N–H and O–H groups in total. The second-order valence-electron chi connectivity index (χ2n) is 7.11. The van der Waals surface area contributed by atoms with Gasteiger partial charge in [-0.15, -0.1) is 0 Å². The first-order valence-electron chi connectivity index (χ1n) is 7.88. The van der Waals surface area contributed by atoms with Crippen LogP contribution < -0.4 is 0 Å². The van der Waals surface area contributed by atoms with Crippen molar-refractivity contribution in [2.75, 3.05) is 0 Å². The normalized spacial score (nSPS) is 45.7. The van der Waals surface area contributed by atoms with Crippen molar-refractivity contribution in [3.8, 4) is 0 Å². The predicted molar refractivity (Wildman–Crippen MR) is 76.2 cm³/mol. The smallest absolute Gasteiger partial charge is 0.0110 e. The van der Waals surface area contributed by atoms with Crippen LogP contribution >= 0.6 is 0 Å². The Kier molecular flexibility index (Phi) is 2.37. The molecule has 0 heterocycles. The zero-order valence-electron chi connectivity index (χ0n) is 11.5. The van der Waals surface area contributed by atoms with Crippen LogP contribution in [-0.4, -0.2) is 0 Å². The Balaban J connectivity index is 1.71. The van der Waals surface area contributed by atoms with Crippen molar-refractivity contribution in [2.45, 2.75) is 51.9 Å². The van der Waals surface area contributed by atoms with Crippen LogP contribution in [0.1, 0.15) is 51.9 Å². The maximum absolute atomic E-state index is 2.62. The van der Waals surface area contributed by atoms with Crippen molar-refractivity contribution in [2.24, 2.45) is 23.2 Å². The molecule has 0 radical (unpaired) electrons. The van der Waals surface area contributed by atoms with Gasteiger partial charge in [-0.3, -0.25) is 0 Å². The first-order chi connectivity index (χ1) is 8.78. The summed E-state index contributed by atoms with van der Waals surface area (Å²) < 4.78 is 0. The minimum absolute atomic E-state index is 0.379. The summed E-state index contributed by atoms with van der Waals surface area (Å²) in [6, 6.07) is 0. The third kappa shape index (κ3) is 1.44. The lowest BCUT2D eigenvalue weighted by Gasteiger charge is -2.48. The van der Waals surface area contributed by atoms with Gasteiger partial charge in [0.15, 0.2) is 0 Å². The molecule has 0 bridgehead atoms. The summed E-state index contributed by atoms with van der Waals surface area (Å²) in [6.07, 6.45) is 19.9. The fraction of sp³-hybridized carbons (Fsp3) is 0.667. The summed E-state index contributed by atoms with van der Waals surface area (Å²) in [7, 11) is 0. The first-order valence-corrected chi connectivity index (χ1v) is 7.88. The maximum atomic E-state index is 2.62. The summed E-state index contributed by atoms with van der Waals surface area (Å²) in [6.45, 7) is 2.44. The van der Waals surface area contributed by atoms with Crippen molar-refractivity contribution in [1.29, 1.82) is 0 Å². The van der Waals surface area contributed by atoms with Crippen LogP contribution in [0.3, 0.4) is 0 Å². The first kappa shape index (κ1) is 11.1. The summed E-state index contributed by atoms with van der Waals surface area (Å²) in [5.74, 6) is 2.94. The highest BCUT2D eigenvalue weighted by Crippen LogP contribution is 2.56. The summed E-state index contributed by atoms with van der Waals surface area (Å²) in [5, 5.41) is 0. The molecule has 0 saturated heterocycles. The lowest BCUT2D eigenvalue weighted by atomic mass is 9.57. The Hall–Kier alpha value is -0.780. The van der Waals surface area contributed by atoms with Gasteiger partial charge in [0.1, 0.15) is 0 Å². The van der Waals surface area contributed by atoms with E-state index in [1.54, 1.807) is 11.1 Å². The highest BCUT2D eigenvalue weighted by molar-refractivity contribution is 5.50. The molecule has 1 unspecified atom stereocenters. The summed E-state index contributed by atoms with van der Waals surface area (Å²) >= 11 is 0. The molecule has 0 nitrogen and oxygen atoms in total. The van der Waals surface area contributed by atoms with E-state index < -0.39 is 0 Å². The molecular formula is C18H24. The molecule has 4 atom stereocenters. The highest BCUT2D eigenvalue weighted by atomic mass is 14.5. The summed E-state index contributed by atoms with van der Waals surface area (Å²) in [5.41, 5.74) is 3.80. The Morgan fingerprint density at radius 1 is 1.17 bits per heavy atom. The van der Waals surface area contributed by atoms with E-state index in [-0.39, 0.29) is 0 Å². The SMILES string of the molecule is C[C@@]12C=CC=C1C1=CCC3CCCC[C@@H]3[C@H]1CC2. The number of hydrogen-bond donors (Lipinski definition) is 0. The molecule has 0 aromatic heterocycles. The molecule has 4 aliphatic carbocycles. The Bertz CT molecular complexity index is 451. The average molecular weight is 240 g/mol. The average Bonchev–Trinajstić information content (AvgIpc) is 2.80. The van der Waals surface area contributed by atoms with E-state index in [9.17, 15) is 0 Å². The molecule has 2 fully saturated rings. The van der Waals surface area contributed by atoms with Gasteiger partial charge in [-0.1, -0.05) is 44.1 Å². The van der Waals surface area contributed by atoms with E-state index in [0.717, 1.165) is 17.8 Å². The van der Waals surface area contributed by atoms with Crippen LogP contribution in [-0.2, 0) is 0 Å². The fourth-order valence-electron chi connectivity index (χ4n) is 5.13. The van der Waals surface area contributed by atoms with Gasteiger partial charge in [0, 0.05) is 5.41 Å². The quantitative estimate of drug-likeness (QED) is 0.556. The van der Waals surface area contributed by atoms with Crippen molar-refractivity contribution in [3.63, 3.8) is 0 Å². The van der Waals surface area contributed by atoms with Gasteiger partial charge >= 0.3 is 0 Å². The summed E-state index contributed by atoms with van der Waals surface area (Å²) in [4.78, 5) is 0. The van der Waals surface area contributed by atoms with Crippen LogP contribution in [0.5, 0.6) is 0 Å². The van der Waals surface area contributed by atoms with Gasteiger partial charge < -0.3 is 0 Å². The lowest BCUT2D eigenvalue weighted by molar-refractivity contribution is 0.143. The van der Waals surface area contributed by atoms with Gasteiger partial charge in [0.2, 0.25) is 0 Å². The van der Waals surface area contributed by atoms with Gasteiger partial charge in [0.25, 0.3) is 0 Å². The number of hydrogen-bond acceptors (Lipinski definition) is 0. The van der Waals surface area contributed by atoms with Gasteiger partial charge in [-0.25, -0.2) is 0 Å². The highest BCUT2D eigenvalue weighted by Gasteiger charge is 2.44. The molecule has 0 amide bonds. The molecule has 18 heavy (non-hydrogen) atoms. The largest absolute Gasteiger partial charge is 0.0804 e. The van der Waals surface area contributed by atoms with E-state index in [0.29, 0.717) is 5.41 Å². The van der Waals surface area contributed by atoms with Crippen molar-refractivity contribution < 1.29 is 0 Å². The molecule has 0 aliphatic heterocycles. The number of allylic oxidation sites excluding steroid dienone is 6. The third-order valence-electron chi connectivity index (χ3n) is 6.15. The van der Waals surface area contributed by atoms with Crippen molar-refractivity contribution in [1.82, 2.24) is 0 Å². The second-order valence-corrected chi connectivity index (χ2v) is 7.11. The molecule has 0 spiro atoms. The third-order valence-corrected chi connectivity index (χ3v) is 6.15. The van der Waals surface area contributed by atoms with E-state index >= 15 is 0 Å². The monoisotopic (exact) mass is 240 g/mol. The topological polar surface area (TPSA) is 0 Å². The molecular weight excluding hydrogens is 216 g/mol. The number of fused-ring (bicyclic) bond motifs is 5. The Morgan fingerprint density at radius 2 is 2.06 bits per heavy atom. The second kappa shape index (κ2) is 3.85. The van der Waals surface area contributed by atoms with Gasteiger partial charge in [0.05, 0.1) is 0 Å². The van der Waals surface area contributed by atoms with E-state index in [2.05, 4.69) is 31.2 Å². The van der Waals surface area contributed by atoms with Crippen LogP contribution in [0.2, 0.25) is 0 Å². The van der Waals surface area contributed by atoms with E-state index in [1.165, 1.54) is 44.9 Å².